The van der Waals surface area contributed by atoms with Crippen LogP contribution in [0.4, 0.5) is 0 Å². The van der Waals surface area contributed by atoms with Gasteiger partial charge in [-0.25, -0.2) is 0 Å². The summed E-state index contributed by atoms with van der Waals surface area (Å²) in [5.74, 6) is 1.07. The zero-order chi connectivity index (χ0) is 14.8. The molecule has 1 saturated heterocycles. The second kappa shape index (κ2) is 6.37. The van der Waals surface area contributed by atoms with E-state index in [0.29, 0.717) is 0 Å². The molecule has 3 aliphatic rings. The van der Waals surface area contributed by atoms with Crippen molar-refractivity contribution in [3.63, 3.8) is 0 Å². The Bertz CT molecular complexity index is 479. The summed E-state index contributed by atoms with van der Waals surface area (Å²) < 4.78 is 5.84. The summed E-state index contributed by atoms with van der Waals surface area (Å²) in [5, 5.41) is 0. The van der Waals surface area contributed by atoms with Gasteiger partial charge in [0.15, 0.2) is 0 Å². The van der Waals surface area contributed by atoms with Crippen molar-refractivity contribution in [1.29, 1.82) is 0 Å². The fourth-order valence-corrected chi connectivity index (χ4v) is 3.49. The summed E-state index contributed by atoms with van der Waals surface area (Å²) in [5.41, 5.74) is 4.80. The normalized spacial score (nSPS) is 24.2. The lowest BCUT2D eigenvalue weighted by Crippen LogP contribution is -2.45. The molecule has 0 saturated carbocycles. The highest BCUT2D eigenvalue weighted by Gasteiger charge is 2.24. The number of hydrogen-bond donors (Lipinski definition) is 0. The van der Waals surface area contributed by atoms with Crippen molar-refractivity contribution in [1.82, 2.24) is 9.80 Å². The Labute approximate surface area is 128 Å². The highest BCUT2D eigenvalue weighted by Crippen LogP contribution is 2.38. The number of nitrogens with zero attached hydrogens (tertiary/aromatic N) is 2. The Morgan fingerprint density at radius 1 is 1.14 bits per heavy atom. The smallest absolute Gasteiger partial charge is 0.116 e. The molecule has 3 nitrogen and oxygen atoms in total. The highest BCUT2D eigenvalue weighted by atomic mass is 16.5. The molecule has 0 unspecified atom stereocenters. The minimum Gasteiger partial charge on any atom is -0.491 e. The summed E-state index contributed by atoms with van der Waals surface area (Å²) in [6.45, 7) is 10.2. The van der Waals surface area contributed by atoms with Gasteiger partial charge in [0.05, 0.1) is 6.10 Å². The largest absolute Gasteiger partial charge is 0.491 e. The van der Waals surface area contributed by atoms with Gasteiger partial charge in [0.1, 0.15) is 5.76 Å². The van der Waals surface area contributed by atoms with Crippen molar-refractivity contribution < 1.29 is 4.74 Å². The van der Waals surface area contributed by atoms with Gasteiger partial charge in [-0.1, -0.05) is 5.57 Å². The van der Waals surface area contributed by atoms with Crippen molar-refractivity contribution in [3.8, 4) is 0 Å². The van der Waals surface area contributed by atoms with E-state index in [1.165, 1.54) is 51.1 Å². The molecule has 0 bridgehead atoms. The molecule has 0 atom stereocenters. The Morgan fingerprint density at radius 2 is 1.90 bits per heavy atom. The molecule has 0 amide bonds. The van der Waals surface area contributed by atoms with Gasteiger partial charge in [-0.3, -0.25) is 4.90 Å². The van der Waals surface area contributed by atoms with Gasteiger partial charge in [0.2, 0.25) is 0 Å². The zero-order valence-corrected chi connectivity index (χ0v) is 13.7. The van der Waals surface area contributed by atoms with Crippen LogP contribution in [0.15, 0.2) is 34.6 Å². The fourth-order valence-electron chi connectivity index (χ4n) is 3.49. The molecule has 1 aliphatic heterocycles. The van der Waals surface area contributed by atoms with Gasteiger partial charge >= 0.3 is 0 Å². The zero-order valence-electron chi connectivity index (χ0n) is 13.7. The predicted octanol–water partition coefficient (Wildman–Crippen LogP) is 2.96. The first-order chi connectivity index (χ1) is 10.1. The van der Waals surface area contributed by atoms with Crippen LogP contribution in [0.5, 0.6) is 0 Å². The molecule has 0 aromatic carbocycles. The molecule has 0 spiro atoms. The molecule has 0 aromatic rings. The van der Waals surface area contributed by atoms with Crippen LogP contribution in [0.3, 0.4) is 0 Å². The average molecular weight is 288 g/mol. The maximum atomic E-state index is 5.84. The van der Waals surface area contributed by atoms with Crippen molar-refractivity contribution in [2.45, 2.75) is 39.2 Å². The van der Waals surface area contributed by atoms with E-state index in [9.17, 15) is 0 Å². The van der Waals surface area contributed by atoms with Crippen LogP contribution in [0, 0.1) is 0 Å². The summed E-state index contributed by atoms with van der Waals surface area (Å²) in [7, 11) is 2.22. The second-order valence-electron chi connectivity index (χ2n) is 6.81. The minimum atomic E-state index is 0.268. The Kier molecular flexibility index (Phi) is 4.51. The van der Waals surface area contributed by atoms with Crippen LogP contribution in [0.2, 0.25) is 0 Å². The number of piperazine rings is 1. The van der Waals surface area contributed by atoms with E-state index in [1.807, 2.05) is 0 Å². The van der Waals surface area contributed by atoms with Crippen LogP contribution in [-0.4, -0.2) is 55.7 Å². The Hall–Kier alpha value is -1.06. The van der Waals surface area contributed by atoms with Gasteiger partial charge in [-0.15, -0.1) is 0 Å². The van der Waals surface area contributed by atoms with E-state index >= 15 is 0 Å². The second-order valence-corrected chi connectivity index (χ2v) is 6.81. The number of hydrogen-bond acceptors (Lipinski definition) is 3. The van der Waals surface area contributed by atoms with Crippen molar-refractivity contribution in [3.05, 3.63) is 34.6 Å². The SMILES string of the molecule is CC(C)OC1=CCC2=C(CN3CCN(C)CC3)CCC2=C1. The molecule has 21 heavy (non-hydrogen) atoms. The van der Waals surface area contributed by atoms with Crippen LogP contribution in [-0.2, 0) is 4.74 Å². The molecule has 0 N–H and O–H groups in total. The summed E-state index contributed by atoms with van der Waals surface area (Å²) in [6.07, 6.45) is 8.32. The Morgan fingerprint density at radius 3 is 2.62 bits per heavy atom. The number of ether oxygens (including phenoxy) is 1. The van der Waals surface area contributed by atoms with E-state index in [1.54, 1.807) is 11.1 Å². The van der Waals surface area contributed by atoms with Gasteiger partial charge in [0.25, 0.3) is 0 Å². The molecule has 1 fully saturated rings. The van der Waals surface area contributed by atoms with Gasteiger partial charge in [-0.2, -0.15) is 0 Å². The molecule has 0 aromatic heterocycles. The van der Waals surface area contributed by atoms with Crippen LogP contribution in [0.1, 0.15) is 33.1 Å². The van der Waals surface area contributed by atoms with E-state index in [4.69, 9.17) is 4.74 Å². The maximum Gasteiger partial charge on any atom is 0.116 e. The lowest BCUT2D eigenvalue weighted by atomic mass is 9.98. The number of allylic oxidation sites excluding steroid dienone is 4. The number of rotatable bonds is 4. The molecule has 3 heteroatoms. The first kappa shape index (κ1) is 14.9. The van der Waals surface area contributed by atoms with E-state index < -0.39 is 0 Å². The molecule has 0 radical (unpaired) electrons. The standard InChI is InChI=1S/C18H28N2O/c1-14(2)21-17-6-7-18-15(12-17)4-5-16(18)13-20-10-8-19(3)9-11-20/h6,12,14H,4-5,7-11,13H2,1-3H3. The topological polar surface area (TPSA) is 15.7 Å². The van der Waals surface area contributed by atoms with Crippen LogP contribution < -0.4 is 0 Å². The van der Waals surface area contributed by atoms with Crippen molar-refractivity contribution >= 4 is 0 Å². The molecular weight excluding hydrogens is 260 g/mol. The maximum absolute atomic E-state index is 5.84. The molecule has 1 heterocycles. The van der Waals surface area contributed by atoms with E-state index in [0.717, 1.165) is 12.2 Å². The predicted molar refractivity (Wildman–Crippen MR) is 87.2 cm³/mol. The van der Waals surface area contributed by atoms with Gasteiger partial charge in [-0.05, 0) is 63.5 Å². The van der Waals surface area contributed by atoms with Gasteiger partial charge in [0, 0.05) is 32.7 Å². The fraction of sp³-hybridized carbons (Fsp3) is 0.667. The third kappa shape index (κ3) is 3.58. The van der Waals surface area contributed by atoms with E-state index in [2.05, 4.69) is 42.8 Å². The van der Waals surface area contributed by atoms with Crippen molar-refractivity contribution in [2.24, 2.45) is 0 Å². The minimum absolute atomic E-state index is 0.268. The lowest BCUT2D eigenvalue weighted by molar-refractivity contribution is 0.156. The van der Waals surface area contributed by atoms with E-state index in [-0.39, 0.29) is 6.10 Å². The average Bonchev–Trinajstić information content (AvgIpc) is 2.83. The number of fused-ring (bicyclic) bond motifs is 1. The Balaban J connectivity index is 1.64. The quantitative estimate of drug-likeness (QED) is 0.791. The van der Waals surface area contributed by atoms with Crippen molar-refractivity contribution in [2.75, 3.05) is 39.8 Å². The summed E-state index contributed by atoms with van der Waals surface area (Å²) in [6, 6.07) is 0. The molecule has 116 valence electrons. The van der Waals surface area contributed by atoms with Crippen LogP contribution in [0.25, 0.3) is 0 Å². The highest BCUT2D eigenvalue weighted by molar-refractivity contribution is 5.48. The third-order valence-corrected chi connectivity index (χ3v) is 4.72. The molecule has 3 rings (SSSR count). The summed E-state index contributed by atoms with van der Waals surface area (Å²) in [4.78, 5) is 5.04. The molecular formula is C18H28N2O. The molecule has 2 aliphatic carbocycles. The monoisotopic (exact) mass is 288 g/mol. The number of likely N-dealkylation sites (N-methyl/N-ethyl adjacent to an activating group) is 1. The first-order valence-corrected chi connectivity index (χ1v) is 8.31. The summed E-state index contributed by atoms with van der Waals surface area (Å²) >= 11 is 0. The van der Waals surface area contributed by atoms with Gasteiger partial charge < -0.3 is 9.64 Å². The van der Waals surface area contributed by atoms with Crippen LogP contribution >= 0.6 is 0 Å². The third-order valence-electron chi connectivity index (χ3n) is 4.72. The first-order valence-electron chi connectivity index (χ1n) is 8.31. The lowest BCUT2D eigenvalue weighted by Gasteiger charge is -2.33.